The molecule has 0 saturated carbocycles. The van der Waals surface area contributed by atoms with Gasteiger partial charge in [0.2, 0.25) is 0 Å². The van der Waals surface area contributed by atoms with Crippen LogP contribution >= 0.6 is 0 Å². The van der Waals surface area contributed by atoms with Crippen LogP contribution < -0.4 is 5.32 Å². The Balaban J connectivity index is 2.01. The predicted octanol–water partition coefficient (Wildman–Crippen LogP) is 2.98. The van der Waals surface area contributed by atoms with E-state index in [9.17, 15) is 14.7 Å². The zero-order valence-corrected chi connectivity index (χ0v) is 13.4. The molecule has 2 aromatic carbocycles. The molecular formula is C19H21NO3. The van der Waals surface area contributed by atoms with Crippen molar-refractivity contribution < 1.29 is 14.7 Å². The average Bonchev–Trinajstić information content (AvgIpc) is 2.51. The minimum Gasteiger partial charge on any atom is -0.481 e. The van der Waals surface area contributed by atoms with E-state index in [2.05, 4.69) is 5.32 Å². The summed E-state index contributed by atoms with van der Waals surface area (Å²) >= 11 is 0. The zero-order valence-electron chi connectivity index (χ0n) is 13.4. The van der Waals surface area contributed by atoms with Crippen molar-refractivity contribution in [2.75, 3.05) is 6.54 Å². The lowest BCUT2D eigenvalue weighted by molar-refractivity contribution is -0.141. The Morgan fingerprint density at radius 1 is 1.09 bits per heavy atom. The summed E-state index contributed by atoms with van der Waals surface area (Å²) in [5.41, 5.74) is 3.50. The van der Waals surface area contributed by atoms with Crippen molar-refractivity contribution in [2.45, 2.75) is 20.3 Å². The van der Waals surface area contributed by atoms with Gasteiger partial charge in [-0.1, -0.05) is 48.0 Å². The van der Waals surface area contributed by atoms with Crippen molar-refractivity contribution in [3.8, 4) is 0 Å². The first-order valence-electron chi connectivity index (χ1n) is 7.59. The molecule has 23 heavy (non-hydrogen) atoms. The number of carboxylic acids is 1. The van der Waals surface area contributed by atoms with E-state index in [4.69, 9.17) is 0 Å². The second kappa shape index (κ2) is 7.58. The fourth-order valence-corrected chi connectivity index (χ4v) is 2.52. The number of carboxylic acid groups (broad SMARTS) is 1. The molecule has 4 nitrogen and oxygen atoms in total. The van der Waals surface area contributed by atoms with Crippen molar-refractivity contribution in [1.82, 2.24) is 5.32 Å². The molecule has 2 rings (SSSR count). The molecule has 120 valence electrons. The highest BCUT2D eigenvalue weighted by Crippen LogP contribution is 2.12. The molecular weight excluding hydrogens is 290 g/mol. The second-order valence-electron chi connectivity index (χ2n) is 5.75. The van der Waals surface area contributed by atoms with E-state index in [1.165, 1.54) is 0 Å². The Bertz CT molecular complexity index is 695. The summed E-state index contributed by atoms with van der Waals surface area (Å²) in [7, 11) is 0. The van der Waals surface area contributed by atoms with Gasteiger partial charge in [0, 0.05) is 12.1 Å². The van der Waals surface area contributed by atoms with Crippen molar-refractivity contribution in [3.63, 3.8) is 0 Å². The molecule has 0 saturated heterocycles. The maximum atomic E-state index is 12.3. The normalized spacial score (nSPS) is 11.7. The van der Waals surface area contributed by atoms with Gasteiger partial charge in [-0.15, -0.1) is 0 Å². The molecule has 1 unspecified atom stereocenters. The first-order valence-corrected chi connectivity index (χ1v) is 7.59. The minimum absolute atomic E-state index is 0.108. The zero-order chi connectivity index (χ0) is 16.8. The van der Waals surface area contributed by atoms with E-state index in [0.717, 1.165) is 16.7 Å². The van der Waals surface area contributed by atoms with Crippen molar-refractivity contribution >= 4 is 11.9 Å². The molecule has 2 N–H and O–H groups in total. The number of amides is 1. The Morgan fingerprint density at radius 3 is 2.39 bits per heavy atom. The van der Waals surface area contributed by atoms with Gasteiger partial charge in [-0.3, -0.25) is 9.59 Å². The van der Waals surface area contributed by atoms with Crippen LogP contribution in [0.25, 0.3) is 0 Å². The molecule has 0 aliphatic rings. The summed E-state index contributed by atoms with van der Waals surface area (Å²) in [6.45, 7) is 3.95. The largest absolute Gasteiger partial charge is 0.481 e. The summed E-state index contributed by atoms with van der Waals surface area (Å²) in [5, 5.41) is 12.1. The molecule has 0 aliphatic heterocycles. The van der Waals surface area contributed by atoms with E-state index < -0.39 is 11.9 Å². The van der Waals surface area contributed by atoms with Gasteiger partial charge in [-0.05, 0) is 37.5 Å². The minimum atomic E-state index is -0.908. The molecule has 0 radical (unpaired) electrons. The van der Waals surface area contributed by atoms with Gasteiger partial charge >= 0.3 is 5.97 Å². The Labute approximate surface area is 136 Å². The smallest absolute Gasteiger partial charge is 0.308 e. The summed E-state index contributed by atoms with van der Waals surface area (Å²) in [4.78, 5) is 23.7. The Hall–Kier alpha value is -2.62. The van der Waals surface area contributed by atoms with Crippen LogP contribution in [0.15, 0.2) is 48.5 Å². The average molecular weight is 311 g/mol. The number of benzene rings is 2. The molecule has 0 fully saturated rings. The van der Waals surface area contributed by atoms with Gasteiger partial charge in [0.05, 0.1) is 5.92 Å². The second-order valence-corrected chi connectivity index (χ2v) is 5.75. The monoisotopic (exact) mass is 311 g/mol. The molecule has 0 heterocycles. The van der Waals surface area contributed by atoms with Gasteiger partial charge in [0.15, 0.2) is 0 Å². The summed E-state index contributed by atoms with van der Waals surface area (Å²) < 4.78 is 0. The van der Waals surface area contributed by atoms with Crippen molar-refractivity contribution in [2.24, 2.45) is 5.92 Å². The summed E-state index contributed by atoms with van der Waals surface area (Å²) in [5.74, 6) is -1.79. The first-order chi connectivity index (χ1) is 11.0. The standard InChI is InChI=1S/C19H21NO3/c1-13-8-9-17(14(2)10-13)18(21)20-12-16(19(22)23)11-15-6-4-3-5-7-15/h3-10,16H,11-12H2,1-2H3,(H,20,21)(H,22,23). The van der Waals surface area contributed by atoms with E-state index in [0.29, 0.717) is 12.0 Å². The molecule has 0 spiro atoms. The van der Waals surface area contributed by atoms with Gasteiger partial charge in [0.1, 0.15) is 0 Å². The molecule has 0 aliphatic carbocycles. The molecule has 0 aromatic heterocycles. The predicted molar refractivity (Wildman–Crippen MR) is 89.5 cm³/mol. The molecule has 4 heteroatoms. The molecule has 0 bridgehead atoms. The van der Waals surface area contributed by atoms with Crippen LogP contribution in [0, 0.1) is 19.8 Å². The maximum absolute atomic E-state index is 12.3. The van der Waals surface area contributed by atoms with Gasteiger partial charge in [-0.2, -0.15) is 0 Å². The molecule has 1 atom stereocenters. The Kier molecular flexibility index (Phi) is 5.52. The van der Waals surface area contributed by atoms with Crippen LogP contribution in [-0.2, 0) is 11.2 Å². The summed E-state index contributed by atoms with van der Waals surface area (Å²) in [6, 6.07) is 15.0. The number of carbonyl (C=O) groups is 2. The Morgan fingerprint density at radius 2 is 1.78 bits per heavy atom. The third kappa shape index (κ3) is 4.68. The topological polar surface area (TPSA) is 66.4 Å². The highest BCUT2D eigenvalue weighted by Gasteiger charge is 2.19. The van der Waals surface area contributed by atoms with E-state index in [-0.39, 0.29) is 12.5 Å². The number of rotatable bonds is 6. The molecule has 1 amide bonds. The lowest BCUT2D eigenvalue weighted by atomic mass is 9.99. The van der Waals surface area contributed by atoms with Crippen LogP contribution in [0.2, 0.25) is 0 Å². The number of aliphatic carboxylic acids is 1. The van der Waals surface area contributed by atoms with Crippen LogP contribution in [0.4, 0.5) is 0 Å². The van der Waals surface area contributed by atoms with E-state index in [1.807, 2.05) is 56.3 Å². The number of carbonyl (C=O) groups excluding carboxylic acids is 1. The third-order valence-corrected chi connectivity index (χ3v) is 3.81. The van der Waals surface area contributed by atoms with Crippen LogP contribution in [-0.4, -0.2) is 23.5 Å². The van der Waals surface area contributed by atoms with Crippen LogP contribution in [0.5, 0.6) is 0 Å². The van der Waals surface area contributed by atoms with Gasteiger partial charge in [-0.25, -0.2) is 0 Å². The first kappa shape index (κ1) is 16.7. The number of hydrogen-bond donors (Lipinski definition) is 2. The quantitative estimate of drug-likeness (QED) is 0.862. The number of hydrogen-bond acceptors (Lipinski definition) is 2. The van der Waals surface area contributed by atoms with Gasteiger partial charge in [0.25, 0.3) is 5.91 Å². The van der Waals surface area contributed by atoms with Crippen molar-refractivity contribution in [1.29, 1.82) is 0 Å². The van der Waals surface area contributed by atoms with Crippen LogP contribution in [0.3, 0.4) is 0 Å². The third-order valence-electron chi connectivity index (χ3n) is 3.81. The van der Waals surface area contributed by atoms with Crippen molar-refractivity contribution in [3.05, 3.63) is 70.8 Å². The number of nitrogens with one attached hydrogen (secondary N) is 1. The highest BCUT2D eigenvalue weighted by molar-refractivity contribution is 5.95. The lowest BCUT2D eigenvalue weighted by Crippen LogP contribution is -2.34. The fraction of sp³-hybridized carbons (Fsp3) is 0.263. The summed E-state index contributed by atoms with van der Waals surface area (Å²) in [6.07, 6.45) is 0.392. The SMILES string of the molecule is Cc1ccc(C(=O)NCC(Cc2ccccc2)C(=O)O)c(C)c1. The van der Waals surface area contributed by atoms with E-state index in [1.54, 1.807) is 6.07 Å². The maximum Gasteiger partial charge on any atom is 0.308 e. The molecule has 2 aromatic rings. The highest BCUT2D eigenvalue weighted by atomic mass is 16.4. The lowest BCUT2D eigenvalue weighted by Gasteiger charge is -2.14. The number of aryl methyl sites for hydroxylation is 2. The fourth-order valence-electron chi connectivity index (χ4n) is 2.52. The van der Waals surface area contributed by atoms with E-state index >= 15 is 0 Å². The van der Waals surface area contributed by atoms with Crippen LogP contribution in [0.1, 0.15) is 27.0 Å². The van der Waals surface area contributed by atoms with Gasteiger partial charge < -0.3 is 10.4 Å².